The van der Waals surface area contributed by atoms with Crippen molar-refractivity contribution in [3.8, 4) is 22.8 Å². The molecule has 9 heteroatoms. The Balaban J connectivity index is 1.52. The number of ether oxygens (including phenoxy) is 2. The van der Waals surface area contributed by atoms with Gasteiger partial charge in [0.2, 0.25) is 10.0 Å². The molecule has 2 aromatic rings. The van der Waals surface area contributed by atoms with Crippen LogP contribution in [-0.2, 0) is 10.0 Å². The van der Waals surface area contributed by atoms with Gasteiger partial charge in [0, 0.05) is 36.3 Å². The number of nitrogens with zero attached hydrogens (tertiary/aromatic N) is 3. The normalized spacial score (nSPS) is 24.6. The number of aromatic nitrogens is 2. The van der Waals surface area contributed by atoms with Crippen LogP contribution in [0.3, 0.4) is 0 Å². The third-order valence-corrected chi connectivity index (χ3v) is 8.36. The molecule has 5 rings (SSSR count). The number of benzene rings is 1. The molecule has 0 spiro atoms. The number of rotatable bonds is 9. The summed E-state index contributed by atoms with van der Waals surface area (Å²) in [6.07, 6.45) is 2.72. The summed E-state index contributed by atoms with van der Waals surface area (Å²) in [6, 6.07) is 8.17. The highest BCUT2D eigenvalue weighted by Gasteiger charge is 2.41. The van der Waals surface area contributed by atoms with Crippen LogP contribution in [0.25, 0.3) is 11.3 Å². The first-order valence-corrected chi connectivity index (χ1v) is 13.3. The van der Waals surface area contributed by atoms with Crippen LogP contribution in [0, 0.1) is 12.8 Å². The van der Waals surface area contributed by atoms with E-state index in [9.17, 15) is 8.42 Å². The van der Waals surface area contributed by atoms with Crippen LogP contribution in [-0.4, -0.2) is 68.9 Å². The largest absolute Gasteiger partial charge is 0.493 e. The average Bonchev–Trinajstić information content (AvgIpc) is 2.82. The Kier molecular flexibility index (Phi) is 7.21. The second-order valence-corrected chi connectivity index (χ2v) is 10.9. The molecule has 4 heterocycles. The number of hydrogen-bond donors (Lipinski definition) is 1. The molecule has 8 nitrogen and oxygen atoms in total. The molecule has 3 aliphatic heterocycles. The summed E-state index contributed by atoms with van der Waals surface area (Å²) >= 11 is 0. The Hall–Kier alpha value is -2.23. The number of sulfonamides is 1. The molecule has 3 fully saturated rings. The molecular weight excluding hydrogens is 440 g/mol. The summed E-state index contributed by atoms with van der Waals surface area (Å²) in [5.74, 6) is 3.10. The minimum Gasteiger partial charge on any atom is -0.493 e. The van der Waals surface area contributed by atoms with E-state index >= 15 is 0 Å². The Morgan fingerprint density at radius 1 is 1.15 bits per heavy atom. The van der Waals surface area contributed by atoms with Gasteiger partial charge in [-0.05, 0) is 62.9 Å². The summed E-state index contributed by atoms with van der Waals surface area (Å²) < 4.78 is 37.8. The zero-order valence-electron chi connectivity index (χ0n) is 19.9. The third-order valence-electron chi connectivity index (χ3n) is 6.81. The zero-order chi connectivity index (χ0) is 23.6. The van der Waals surface area contributed by atoms with Crippen molar-refractivity contribution in [2.45, 2.75) is 45.1 Å². The summed E-state index contributed by atoms with van der Waals surface area (Å²) in [6.45, 7) is 6.21. The molecule has 0 aliphatic carbocycles. The van der Waals surface area contributed by atoms with Crippen molar-refractivity contribution in [3.05, 3.63) is 35.8 Å². The van der Waals surface area contributed by atoms with Gasteiger partial charge < -0.3 is 9.47 Å². The van der Waals surface area contributed by atoms with E-state index in [2.05, 4.69) is 20.7 Å². The van der Waals surface area contributed by atoms with E-state index in [1.54, 1.807) is 14.2 Å². The lowest BCUT2D eigenvalue weighted by Crippen LogP contribution is -2.56. The number of aryl methyl sites for hydroxylation is 1. The summed E-state index contributed by atoms with van der Waals surface area (Å²) in [5, 5.41) is 0. The van der Waals surface area contributed by atoms with Crippen LogP contribution in [0.5, 0.6) is 11.5 Å². The van der Waals surface area contributed by atoms with E-state index in [4.69, 9.17) is 14.5 Å². The molecular formula is C24H34N4O4S. The van der Waals surface area contributed by atoms with Crippen LogP contribution in [0.15, 0.2) is 24.3 Å². The molecule has 33 heavy (non-hydrogen) atoms. The maximum atomic E-state index is 12.1. The van der Waals surface area contributed by atoms with E-state index < -0.39 is 10.0 Å². The maximum Gasteiger partial charge on any atom is 0.211 e. The second kappa shape index (κ2) is 9.95. The van der Waals surface area contributed by atoms with Crippen molar-refractivity contribution >= 4 is 10.0 Å². The van der Waals surface area contributed by atoms with Gasteiger partial charge in [0.1, 0.15) is 5.82 Å². The minimum absolute atomic E-state index is 0.185. The van der Waals surface area contributed by atoms with Crippen molar-refractivity contribution in [2.75, 3.05) is 39.6 Å². The molecule has 0 radical (unpaired) electrons. The van der Waals surface area contributed by atoms with Gasteiger partial charge in [0.15, 0.2) is 11.5 Å². The zero-order valence-corrected chi connectivity index (χ0v) is 20.7. The third kappa shape index (κ3) is 5.31. The van der Waals surface area contributed by atoms with Gasteiger partial charge in [-0.1, -0.05) is 6.92 Å². The van der Waals surface area contributed by atoms with Gasteiger partial charge in [0.05, 0.1) is 25.7 Å². The van der Waals surface area contributed by atoms with Crippen LogP contribution in [0.2, 0.25) is 0 Å². The van der Waals surface area contributed by atoms with Crippen LogP contribution < -0.4 is 14.2 Å². The topological polar surface area (TPSA) is 93.7 Å². The molecule has 1 aromatic heterocycles. The van der Waals surface area contributed by atoms with Crippen molar-refractivity contribution in [1.82, 2.24) is 19.6 Å². The standard InChI is InChI=1S/C24H34N4O4S/c1-5-10-33(29,30)25-14-19-11-17-8-9-28(19)15-20(17)22-13-21(26-16(2)27-22)18-6-7-23(31-3)24(12-18)32-4/h6-7,12-13,17,19-20,25H,5,8-11,14-15H2,1-4H3/t17-,19+,20-/m0/s1. The highest BCUT2D eigenvalue weighted by Crippen LogP contribution is 2.42. The van der Waals surface area contributed by atoms with Crippen LogP contribution in [0.1, 0.15) is 43.6 Å². The first-order chi connectivity index (χ1) is 15.8. The van der Waals surface area contributed by atoms with Crippen LogP contribution in [0.4, 0.5) is 0 Å². The fourth-order valence-electron chi connectivity index (χ4n) is 5.17. The van der Waals surface area contributed by atoms with Crippen LogP contribution >= 0.6 is 0 Å². The van der Waals surface area contributed by atoms with E-state index in [1.807, 2.05) is 32.0 Å². The van der Waals surface area contributed by atoms with Gasteiger partial charge in [-0.2, -0.15) is 0 Å². The van der Waals surface area contributed by atoms with E-state index in [1.165, 1.54) is 0 Å². The fraction of sp³-hybridized carbons (Fsp3) is 0.583. The smallest absolute Gasteiger partial charge is 0.211 e. The number of hydrogen-bond acceptors (Lipinski definition) is 7. The predicted octanol–water partition coefficient (Wildman–Crippen LogP) is 2.98. The first-order valence-electron chi connectivity index (χ1n) is 11.6. The molecule has 0 saturated carbocycles. The maximum absolute atomic E-state index is 12.1. The van der Waals surface area contributed by atoms with Gasteiger partial charge in [-0.25, -0.2) is 23.1 Å². The van der Waals surface area contributed by atoms with E-state index in [0.29, 0.717) is 36.3 Å². The van der Waals surface area contributed by atoms with Gasteiger partial charge in [-0.3, -0.25) is 4.90 Å². The van der Waals surface area contributed by atoms with Gasteiger partial charge >= 0.3 is 0 Å². The highest BCUT2D eigenvalue weighted by atomic mass is 32.2. The number of nitrogens with one attached hydrogen (secondary N) is 1. The molecule has 2 bridgehead atoms. The van der Waals surface area contributed by atoms with E-state index in [0.717, 1.165) is 48.7 Å². The molecule has 4 atom stereocenters. The quantitative estimate of drug-likeness (QED) is 0.597. The molecule has 1 unspecified atom stereocenters. The minimum atomic E-state index is -3.18. The van der Waals surface area contributed by atoms with Crippen molar-refractivity contribution < 1.29 is 17.9 Å². The summed E-state index contributed by atoms with van der Waals surface area (Å²) in [5.41, 5.74) is 2.90. The lowest BCUT2D eigenvalue weighted by Gasteiger charge is -2.49. The Morgan fingerprint density at radius 2 is 1.94 bits per heavy atom. The Labute approximate surface area is 196 Å². The Bertz CT molecular complexity index is 1090. The molecule has 3 saturated heterocycles. The average molecular weight is 475 g/mol. The first kappa shape index (κ1) is 23.9. The highest BCUT2D eigenvalue weighted by molar-refractivity contribution is 7.89. The second-order valence-electron chi connectivity index (χ2n) is 9.00. The Morgan fingerprint density at radius 3 is 2.61 bits per heavy atom. The molecule has 1 aromatic carbocycles. The van der Waals surface area contributed by atoms with Gasteiger partial charge in [-0.15, -0.1) is 0 Å². The fourth-order valence-corrected chi connectivity index (χ4v) is 6.30. The monoisotopic (exact) mass is 474 g/mol. The summed E-state index contributed by atoms with van der Waals surface area (Å²) in [4.78, 5) is 11.9. The number of fused-ring (bicyclic) bond motifs is 3. The lowest BCUT2D eigenvalue weighted by molar-refractivity contribution is 0.0317. The van der Waals surface area contributed by atoms with Gasteiger partial charge in [0.25, 0.3) is 0 Å². The molecule has 3 aliphatic rings. The molecule has 0 amide bonds. The molecule has 1 N–H and O–H groups in total. The number of methoxy groups -OCH3 is 2. The van der Waals surface area contributed by atoms with Crippen molar-refractivity contribution in [2.24, 2.45) is 5.92 Å². The van der Waals surface area contributed by atoms with Crippen molar-refractivity contribution in [1.29, 1.82) is 0 Å². The predicted molar refractivity (Wildman–Crippen MR) is 128 cm³/mol. The molecule has 180 valence electrons. The van der Waals surface area contributed by atoms with E-state index in [-0.39, 0.29) is 11.8 Å². The summed E-state index contributed by atoms with van der Waals surface area (Å²) in [7, 11) is 0.0714. The lowest BCUT2D eigenvalue weighted by atomic mass is 9.74. The SMILES string of the molecule is CCCS(=O)(=O)NC[C@H]1C[C@@H]2CCN1C[C@@H]2c1cc(-c2ccc(OC)c(OC)c2)nc(C)n1. The number of piperidine rings is 3. The van der Waals surface area contributed by atoms with Crippen molar-refractivity contribution in [3.63, 3.8) is 0 Å².